The van der Waals surface area contributed by atoms with Crippen molar-refractivity contribution in [1.29, 1.82) is 0 Å². The lowest BCUT2D eigenvalue weighted by Gasteiger charge is -2.35. The van der Waals surface area contributed by atoms with Crippen molar-refractivity contribution in [3.63, 3.8) is 0 Å². The molecule has 0 N–H and O–H groups in total. The first-order valence-electron chi connectivity index (χ1n) is 7.04. The van der Waals surface area contributed by atoms with Gasteiger partial charge in [0.05, 0.1) is 12.2 Å². The van der Waals surface area contributed by atoms with Crippen molar-refractivity contribution < 1.29 is 9.53 Å². The van der Waals surface area contributed by atoms with E-state index < -0.39 is 5.69 Å². The predicted octanol–water partition coefficient (Wildman–Crippen LogP) is 0.126. The first kappa shape index (κ1) is 14.9. The first-order chi connectivity index (χ1) is 10.5. The molecule has 8 nitrogen and oxygen atoms in total. The summed E-state index contributed by atoms with van der Waals surface area (Å²) in [4.78, 5) is 26.3. The summed E-state index contributed by atoms with van der Waals surface area (Å²) in [5.74, 6) is -0.151. The van der Waals surface area contributed by atoms with E-state index in [1.807, 2.05) is 25.3 Å². The van der Waals surface area contributed by atoms with E-state index in [2.05, 4.69) is 10.4 Å². The number of morpholine rings is 1. The van der Waals surface area contributed by atoms with Gasteiger partial charge in [0.25, 0.3) is 0 Å². The summed E-state index contributed by atoms with van der Waals surface area (Å²) >= 11 is 1.39. The van der Waals surface area contributed by atoms with E-state index >= 15 is 0 Å². The second kappa shape index (κ2) is 6.01. The third kappa shape index (κ3) is 2.95. The third-order valence-corrected chi connectivity index (χ3v) is 4.26. The van der Waals surface area contributed by atoms with Crippen molar-refractivity contribution >= 4 is 17.2 Å². The van der Waals surface area contributed by atoms with Crippen LogP contribution in [-0.4, -0.2) is 55.9 Å². The number of nitrogens with zero attached hydrogens (tertiary/aromatic N) is 5. The Morgan fingerprint density at radius 2 is 2.09 bits per heavy atom. The molecule has 3 heterocycles. The van der Waals surface area contributed by atoms with E-state index in [4.69, 9.17) is 4.74 Å². The van der Waals surface area contributed by atoms with Crippen molar-refractivity contribution in [3.8, 4) is 5.00 Å². The quantitative estimate of drug-likeness (QED) is 0.802. The Balaban J connectivity index is 1.74. The van der Waals surface area contributed by atoms with Crippen LogP contribution in [0.2, 0.25) is 0 Å². The largest absolute Gasteiger partial charge is 0.372 e. The molecule has 1 saturated heterocycles. The van der Waals surface area contributed by atoms with Crippen molar-refractivity contribution in [3.05, 3.63) is 28.0 Å². The van der Waals surface area contributed by atoms with Crippen molar-refractivity contribution in [2.24, 2.45) is 0 Å². The highest BCUT2D eigenvalue weighted by atomic mass is 32.1. The van der Waals surface area contributed by atoms with Crippen LogP contribution in [0.15, 0.2) is 22.3 Å². The minimum Gasteiger partial charge on any atom is -0.372 e. The van der Waals surface area contributed by atoms with E-state index in [9.17, 15) is 9.59 Å². The van der Waals surface area contributed by atoms with Gasteiger partial charge in [-0.2, -0.15) is 9.36 Å². The number of tetrazole rings is 1. The number of ether oxygens (including phenoxy) is 1. The number of thiophene rings is 1. The molecule has 0 bridgehead atoms. The van der Waals surface area contributed by atoms with E-state index in [0.29, 0.717) is 18.1 Å². The Bertz CT molecular complexity index is 698. The molecule has 3 rings (SSSR count). The van der Waals surface area contributed by atoms with E-state index in [0.717, 1.165) is 4.68 Å². The minimum atomic E-state index is -0.412. The predicted molar refractivity (Wildman–Crippen MR) is 80.1 cm³/mol. The molecule has 1 fully saturated rings. The lowest BCUT2D eigenvalue weighted by atomic mass is 10.2. The van der Waals surface area contributed by atoms with Crippen LogP contribution in [0.5, 0.6) is 0 Å². The summed E-state index contributed by atoms with van der Waals surface area (Å²) in [7, 11) is 0. The molecule has 2 aromatic heterocycles. The number of hydrogen-bond acceptors (Lipinski definition) is 6. The van der Waals surface area contributed by atoms with Gasteiger partial charge >= 0.3 is 5.69 Å². The Morgan fingerprint density at radius 3 is 2.73 bits per heavy atom. The zero-order valence-corrected chi connectivity index (χ0v) is 13.2. The molecular weight excluding hydrogens is 306 g/mol. The highest BCUT2D eigenvalue weighted by molar-refractivity contribution is 7.12. The molecule has 0 saturated carbocycles. The zero-order valence-electron chi connectivity index (χ0n) is 12.4. The fourth-order valence-corrected chi connectivity index (χ4v) is 3.18. The second-order valence-corrected chi connectivity index (χ2v) is 6.26. The van der Waals surface area contributed by atoms with Gasteiger partial charge in [0.2, 0.25) is 5.91 Å². The van der Waals surface area contributed by atoms with Crippen LogP contribution >= 0.6 is 11.3 Å². The van der Waals surface area contributed by atoms with Crippen molar-refractivity contribution in [1.82, 2.24) is 24.7 Å². The zero-order chi connectivity index (χ0) is 15.7. The van der Waals surface area contributed by atoms with Crippen LogP contribution in [0.4, 0.5) is 0 Å². The fourth-order valence-electron chi connectivity index (χ4n) is 2.51. The fraction of sp³-hybridized carbons (Fsp3) is 0.538. The van der Waals surface area contributed by atoms with E-state index in [1.165, 1.54) is 16.0 Å². The number of rotatable bonds is 3. The molecule has 22 heavy (non-hydrogen) atoms. The minimum absolute atomic E-state index is 0.00813. The summed E-state index contributed by atoms with van der Waals surface area (Å²) in [6.45, 7) is 4.79. The molecule has 2 atom stereocenters. The monoisotopic (exact) mass is 323 g/mol. The molecule has 1 aliphatic heterocycles. The molecular formula is C13H17N5O3S. The van der Waals surface area contributed by atoms with Crippen LogP contribution < -0.4 is 5.69 Å². The molecule has 0 radical (unpaired) electrons. The molecule has 9 heteroatoms. The highest BCUT2D eigenvalue weighted by Gasteiger charge is 2.26. The van der Waals surface area contributed by atoms with Crippen molar-refractivity contribution in [2.75, 3.05) is 13.1 Å². The molecule has 0 aliphatic carbocycles. The van der Waals surface area contributed by atoms with Gasteiger partial charge in [-0.15, -0.1) is 11.3 Å². The number of aromatic nitrogens is 4. The van der Waals surface area contributed by atoms with Crippen molar-refractivity contribution in [2.45, 2.75) is 32.6 Å². The maximum atomic E-state index is 12.3. The Hall–Kier alpha value is -2.00. The van der Waals surface area contributed by atoms with Crippen LogP contribution in [-0.2, 0) is 16.1 Å². The van der Waals surface area contributed by atoms with E-state index in [1.54, 1.807) is 11.0 Å². The summed E-state index contributed by atoms with van der Waals surface area (Å²) in [5.41, 5.74) is -0.412. The van der Waals surface area contributed by atoms with Gasteiger partial charge in [0.15, 0.2) is 0 Å². The Morgan fingerprint density at radius 1 is 1.36 bits per heavy atom. The highest BCUT2D eigenvalue weighted by Crippen LogP contribution is 2.12. The lowest BCUT2D eigenvalue weighted by Crippen LogP contribution is -2.49. The van der Waals surface area contributed by atoms with Gasteiger partial charge < -0.3 is 9.64 Å². The Kier molecular flexibility index (Phi) is 4.08. The first-order valence-corrected chi connectivity index (χ1v) is 7.92. The molecule has 2 aromatic rings. The summed E-state index contributed by atoms with van der Waals surface area (Å²) in [6, 6.07) is 3.60. The second-order valence-electron chi connectivity index (χ2n) is 5.34. The lowest BCUT2D eigenvalue weighted by molar-refractivity contribution is -0.144. The maximum Gasteiger partial charge on any atom is 0.369 e. The average molecular weight is 323 g/mol. The van der Waals surface area contributed by atoms with Gasteiger partial charge in [-0.25, -0.2) is 4.79 Å². The number of carbonyl (C=O) groups excluding carboxylic acids is 1. The molecule has 1 amide bonds. The molecule has 118 valence electrons. The van der Waals surface area contributed by atoms with Gasteiger partial charge in [0, 0.05) is 13.1 Å². The van der Waals surface area contributed by atoms with Crippen LogP contribution in [0.25, 0.3) is 5.00 Å². The van der Waals surface area contributed by atoms with Crippen LogP contribution in [0, 0.1) is 0 Å². The normalized spacial score (nSPS) is 22.0. The van der Waals surface area contributed by atoms with Gasteiger partial charge in [-0.1, -0.05) is 0 Å². The molecule has 1 aliphatic rings. The molecule has 0 aromatic carbocycles. The SMILES string of the molecule is CC1CN(C(=O)Cn2nnn(-c3cccs3)c2=O)CC(C)O1. The average Bonchev–Trinajstić information content (AvgIpc) is 3.08. The van der Waals surface area contributed by atoms with Gasteiger partial charge in [-0.05, 0) is 41.8 Å². The molecule has 0 spiro atoms. The standard InChI is InChI=1S/C13H17N5O3S/c1-9-6-16(7-10(2)21-9)11(19)8-17-13(20)18(15-14-17)12-4-3-5-22-12/h3-5,9-10H,6-8H2,1-2H3. The summed E-state index contributed by atoms with van der Waals surface area (Å²) in [6.07, 6.45) is -0.0163. The van der Waals surface area contributed by atoms with Gasteiger partial charge in [0.1, 0.15) is 11.5 Å². The van der Waals surface area contributed by atoms with Crippen LogP contribution in [0.1, 0.15) is 13.8 Å². The van der Waals surface area contributed by atoms with E-state index in [-0.39, 0.29) is 24.7 Å². The number of hydrogen-bond donors (Lipinski definition) is 0. The summed E-state index contributed by atoms with van der Waals surface area (Å²) in [5, 5.41) is 10.1. The number of carbonyl (C=O) groups is 1. The van der Waals surface area contributed by atoms with Crippen LogP contribution in [0.3, 0.4) is 0 Å². The maximum absolute atomic E-state index is 12.3. The topological polar surface area (TPSA) is 82.3 Å². The Labute approximate surface area is 130 Å². The third-order valence-electron chi connectivity index (χ3n) is 3.41. The smallest absolute Gasteiger partial charge is 0.369 e. The molecule has 2 unspecified atom stereocenters. The summed E-state index contributed by atoms with van der Waals surface area (Å²) < 4.78 is 7.89. The van der Waals surface area contributed by atoms with Gasteiger partial charge in [-0.3, -0.25) is 4.79 Å². The number of amides is 1.